The number of nitrogens with zero attached hydrogens (tertiary/aromatic N) is 1. The van der Waals surface area contributed by atoms with Gasteiger partial charge in [-0.05, 0) is 24.3 Å². The number of benzene rings is 1. The number of ether oxygens (including phenoxy) is 2. The first kappa shape index (κ1) is 17.7. The quantitative estimate of drug-likeness (QED) is 0.583. The summed E-state index contributed by atoms with van der Waals surface area (Å²) in [4.78, 5) is 16.5. The fraction of sp³-hybridized carbons (Fsp3) is 0.250. The minimum absolute atomic E-state index is 0.210. The standard InChI is InChI=1S/C16H17ClN2O5/c1-21-14-7-11(6-13(17)16(14)22-2)8-19-24-10-15(20)18-9-12-4-3-5-23-12/h3-8H,9-10H2,1-2H3,(H,18,20)/b19-8-. The molecule has 24 heavy (non-hydrogen) atoms. The fourth-order valence-corrected chi connectivity index (χ4v) is 2.15. The summed E-state index contributed by atoms with van der Waals surface area (Å²) in [5.74, 6) is 1.26. The second kappa shape index (κ2) is 8.83. The third-order valence-electron chi connectivity index (χ3n) is 2.97. The van der Waals surface area contributed by atoms with Crippen molar-refractivity contribution in [2.45, 2.75) is 6.54 Å². The van der Waals surface area contributed by atoms with Crippen molar-refractivity contribution in [2.24, 2.45) is 5.16 Å². The SMILES string of the molecule is COc1cc(/C=N\OCC(=O)NCc2ccco2)cc(Cl)c1OC. The van der Waals surface area contributed by atoms with E-state index in [4.69, 9.17) is 30.3 Å². The number of furan rings is 1. The molecule has 0 radical (unpaired) electrons. The lowest BCUT2D eigenvalue weighted by atomic mass is 10.2. The summed E-state index contributed by atoms with van der Waals surface area (Å²) in [5, 5.41) is 6.76. The Balaban J connectivity index is 1.83. The van der Waals surface area contributed by atoms with Gasteiger partial charge in [-0.2, -0.15) is 0 Å². The summed E-state index contributed by atoms with van der Waals surface area (Å²) >= 11 is 6.09. The molecule has 1 heterocycles. The molecule has 0 aliphatic carbocycles. The third kappa shape index (κ3) is 4.92. The highest BCUT2D eigenvalue weighted by molar-refractivity contribution is 6.32. The molecule has 0 saturated carbocycles. The predicted octanol–water partition coefficient (Wildman–Crippen LogP) is 2.62. The second-order valence-electron chi connectivity index (χ2n) is 4.60. The van der Waals surface area contributed by atoms with Crippen molar-refractivity contribution in [3.05, 3.63) is 46.9 Å². The summed E-state index contributed by atoms with van der Waals surface area (Å²) in [7, 11) is 3.01. The molecule has 0 bridgehead atoms. The zero-order valence-corrected chi connectivity index (χ0v) is 14.0. The normalized spacial score (nSPS) is 10.6. The number of carbonyl (C=O) groups excluding carboxylic acids is 1. The summed E-state index contributed by atoms with van der Waals surface area (Å²) in [6.07, 6.45) is 2.96. The average molecular weight is 353 g/mol. The third-order valence-corrected chi connectivity index (χ3v) is 3.25. The number of hydrogen-bond donors (Lipinski definition) is 1. The first-order valence-corrected chi connectivity index (χ1v) is 7.37. The van der Waals surface area contributed by atoms with Crippen LogP contribution in [0.4, 0.5) is 0 Å². The fourth-order valence-electron chi connectivity index (χ4n) is 1.86. The lowest BCUT2D eigenvalue weighted by Crippen LogP contribution is -2.26. The number of nitrogens with one attached hydrogen (secondary N) is 1. The molecule has 2 rings (SSSR count). The number of halogens is 1. The van der Waals surface area contributed by atoms with Crippen LogP contribution in [-0.2, 0) is 16.2 Å². The van der Waals surface area contributed by atoms with Gasteiger partial charge in [-0.1, -0.05) is 16.8 Å². The number of carbonyl (C=O) groups is 1. The Morgan fingerprint density at radius 2 is 2.21 bits per heavy atom. The van der Waals surface area contributed by atoms with Gasteiger partial charge < -0.3 is 24.0 Å². The van der Waals surface area contributed by atoms with E-state index in [1.807, 2.05) is 0 Å². The highest BCUT2D eigenvalue weighted by Gasteiger charge is 2.10. The van der Waals surface area contributed by atoms with Crippen LogP contribution in [0.3, 0.4) is 0 Å². The van der Waals surface area contributed by atoms with Crippen LogP contribution >= 0.6 is 11.6 Å². The lowest BCUT2D eigenvalue weighted by molar-refractivity contribution is -0.125. The van der Waals surface area contributed by atoms with Gasteiger partial charge in [0.05, 0.1) is 38.3 Å². The number of hydrogen-bond acceptors (Lipinski definition) is 6. The summed E-state index contributed by atoms with van der Waals surface area (Å²) in [5.41, 5.74) is 0.647. The molecule has 0 fully saturated rings. The van der Waals surface area contributed by atoms with Crippen LogP contribution in [-0.4, -0.2) is 32.9 Å². The molecule has 0 aliphatic heterocycles. The zero-order chi connectivity index (χ0) is 17.4. The molecule has 1 N–H and O–H groups in total. The Labute approximate surface area is 144 Å². The molecule has 0 unspecified atom stereocenters. The summed E-state index contributed by atoms with van der Waals surface area (Å²) in [6.45, 7) is 0.0857. The van der Waals surface area contributed by atoms with E-state index in [1.54, 1.807) is 24.3 Å². The van der Waals surface area contributed by atoms with Crippen molar-refractivity contribution in [3.63, 3.8) is 0 Å². The van der Waals surface area contributed by atoms with Gasteiger partial charge in [0, 0.05) is 5.56 Å². The maximum atomic E-state index is 11.6. The number of rotatable bonds is 8. The first-order valence-electron chi connectivity index (χ1n) is 7.00. The van der Waals surface area contributed by atoms with Crippen molar-refractivity contribution in [1.29, 1.82) is 0 Å². The van der Waals surface area contributed by atoms with Gasteiger partial charge in [0.2, 0.25) is 0 Å². The Morgan fingerprint density at radius 1 is 1.38 bits per heavy atom. The number of amides is 1. The summed E-state index contributed by atoms with van der Waals surface area (Å²) in [6, 6.07) is 6.85. The minimum Gasteiger partial charge on any atom is -0.493 e. The van der Waals surface area contributed by atoms with E-state index in [0.717, 1.165) is 0 Å². The van der Waals surface area contributed by atoms with E-state index in [1.165, 1.54) is 26.7 Å². The van der Waals surface area contributed by atoms with Gasteiger partial charge in [0.15, 0.2) is 18.1 Å². The van der Waals surface area contributed by atoms with Crippen LogP contribution < -0.4 is 14.8 Å². The molecule has 2 aromatic rings. The molecular weight excluding hydrogens is 336 g/mol. The van der Waals surface area contributed by atoms with Gasteiger partial charge in [-0.3, -0.25) is 4.79 Å². The van der Waals surface area contributed by atoms with E-state index in [9.17, 15) is 4.79 Å². The zero-order valence-electron chi connectivity index (χ0n) is 13.2. The van der Waals surface area contributed by atoms with E-state index < -0.39 is 0 Å². The van der Waals surface area contributed by atoms with Gasteiger partial charge >= 0.3 is 0 Å². The van der Waals surface area contributed by atoms with Gasteiger partial charge in [0.25, 0.3) is 5.91 Å². The van der Waals surface area contributed by atoms with Crippen molar-refractivity contribution in [1.82, 2.24) is 5.32 Å². The molecule has 0 saturated heterocycles. The van der Waals surface area contributed by atoms with Crippen molar-refractivity contribution in [3.8, 4) is 11.5 Å². The van der Waals surface area contributed by atoms with Crippen LogP contribution in [0.1, 0.15) is 11.3 Å². The van der Waals surface area contributed by atoms with Crippen molar-refractivity contribution >= 4 is 23.7 Å². The predicted molar refractivity (Wildman–Crippen MR) is 88.7 cm³/mol. The lowest BCUT2D eigenvalue weighted by Gasteiger charge is -2.09. The summed E-state index contributed by atoms with van der Waals surface area (Å²) < 4.78 is 15.4. The van der Waals surface area contributed by atoms with Crippen LogP contribution in [0.25, 0.3) is 0 Å². The molecule has 8 heteroatoms. The Morgan fingerprint density at radius 3 is 2.88 bits per heavy atom. The molecule has 0 atom stereocenters. The monoisotopic (exact) mass is 352 g/mol. The highest BCUT2D eigenvalue weighted by Crippen LogP contribution is 2.35. The molecule has 0 aliphatic rings. The van der Waals surface area contributed by atoms with Gasteiger partial charge in [-0.25, -0.2) is 0 Å². The topological polar surface area (TPSA) is 82.3 Å². The Bertz CT molecular complexity index is 701. The van der Waals surface area contributed by atoms with Gasteiger partial charge in [-0.15, -0.1) is 0 Å². The van der Waals surface area contributed by atoms with Crippen LogP contribution in [0, 0.1) is 0 Å². The van der Waals surface area contributed by atoms with E-state index in [0.29, 0.717) is 34.4 Å². The molecule has 7 nitrogen and oxygen atoms in total. The Kier molecular flexibility index (Phi) is 6.51. The maximum absolute atomic E-state index is 11.6. The van der Waals surface area contributed by atoms with Crippen molar-refractivity contribution < 1.29 is 23.5 Å². The molecule has 1 aromatic carbocycles. The first-order chi connectivity index (χ1) is 11.6. The van der Waals surface area contributed by atoms with Crippen LogP contribution in [0.15, 0.2) is 40.1 Å². The average Bonchev–Trinajstić information content (AvgIpc) is 3.09. The molecule has 0 spiro atoms. The van der Waals surface area contributed by atoms with Gasteiger partial charge in [0.1, 0.15) is 5.76 Å². The minimum atomic E-state index is -0.311. The molecule has 1 aromatic heterocycles. The van der Waals surface area contributed by atoms with Crippen LogP contribution in [0.2, 0.25) is 5.02 Å². The van der Waals surface area contributed by atoms with Crippen LogP contribution in [0.5, 0.6) is 11.5 Å². The Hall–Kier alpha value is -2.67. The van der Waals surface area contributed by atoms with E-state index >= 15 is 0 Å². The van der Waals surface area contributed by atoms with E-state index in [-0.39, 0.29) is 12.5 Å². The second-order valence-corrected chi connectivity index (χ2v) is 5.01. The van der Waals surface area contributed by atoms with E-state index in [2.05, 4.69) is 10.5 Å². The smallest absolute Gasteiger partial charge is 0.261 e. The molecular formula is C16H17ClN2O5. The number of oxime groups is 1. The molecule has 1 amide bonds. The largest absolute Gasteiger partial charge is 0.493 e. The van der Waals surface area contributed by atoms with Crippen molar-refractivity contribution in [2.75, 3.05) is 20.8 Å². The maximum Gasteiger partial charge on any atom is 0.261 e. The number of methoxy groups -OCH3 is 2. The highest BCUT2D eigenvalue weighted by atomic mass is 35.5. The molecule has 128 valence electrons.